The number of pyridine rings is 1. The average Bonchev–Trinajstić information content (AvgIpc) is 3.27. The summed E-state index contributed by atoms with van der Waals surface area (Å²) in [5, 5.41) is 10.5. The number of ether oxygens (including phenoxy) is 1. The van der Waals surface area contributed by atoms with Crippen molar-refractivity contribution in [2.75, 3.05) is 6.54 Å². The summed E-state index contributed by atoms with van der Waals surface area (Å²) in [5.74, 6) is 1.43. The lowest BCUT2D eigenvalue weighted by molar-refractivity contribution is -0.0504. The highest BCUT2D eigenvalue weighted by molar-refractivity contribution is 5.79. The van der Waals surface area contributed by atoms with Crippen LogP contribution in [0.2, 0.25) is 0 Å². The monoisotopic (exact) mass is 414 g/mol. The van der Waals surface area contributed by atoms with Crippen molar-refractivity contribution in [3.05, 3.63) is 71.7 Å². The van der Waals surface area contributed by atoms with Gasteiger partial charge in [0.15, 0.2) is 11.8 Å². The van der Waals surface area contributed by atoms with Gasteiger partial charge < -0.3 is 15.4 Å². The van der Waals surface area contributed by atoms with E-state index in [9.17, 15) is 8.78 Å². The van der Waals surface area contributed by atoms with E-state index in [4.69, 9.17) is 0 Å². The van der Waals surface area contributed by atoms with E-state index in [1.807, 2.05) is 44.3 Å². The number of guanidine groups is 1. The number of benzene rings is 1. The molecule has 7 nitrogen and oxygen atoms in total. The Morgan fingerprint density at radius 3 is 2.80 bits per heavy atom. The van der Waals surface area contributed by atoms with E-state index in [1.165, 1.54) is 0 Å². The van der Waals surface area contributed by atoms with Gasteiger partial charge in [-0.25, -0.2) is 14.7 Å². The summed E-state index contributed by atoms with van der Waals surface area (Å²) in [6.07, 6.45) is 5.22. The van der Waals surface area contributed by atoms with Crippen molar-refractivity contribution in [1.82, 2.24) is 25.4 Å². The molecule has 0 aliphatic rings. The lowest BCUT2D eigenvalue weighted by Crippen LogP contribution is -2.37. The summed E-state index contributed by atoms with van der Waals surface area (Å²) in [6, 6.07) is 10.7. The van der Waals surface area contributed by atoms with Crippen LogP contribution in [0.1, 0.15) is 23.6 Å². The molecule has 0 aliphatic heterocycles. The number of hydrogen-bond acceptors (Lipinski definition) is 4. The van der Waals surface area contributed by atoms with Gasteiger partial charge in [-0.15, -0.1) is 0 Å². The molecule has 0 fully saturated rings. The smallest absolute Gasteiger partial charge is 0.387 e. The number of rotatable bonds is 8. The molecule has 0 atom stereocenters. The maximum Gasteiger partial charge on any atom is 0.387 e. The van der Waals surface area contributed by atoms with Gasteiger partial charge in [0.2, 0.25) is 0 Å². The maximum atomic E-state index is 12.7. The first kappa shape index (κ1) is 21.2. The highest BCUT2D eigenvalue weighted by atomic mass is 19.3. The molecule has 0 aliphatic carbocycles. The fourth-order valence-corrected chi connectivity index (χ4v) is 2.84. The number of nitrogens with zero attached hydrogens (tertiary/aromatic N) is 4. The van der Waals surface area contributed by atoms with Crippen LogP contribution in [-0.2, 0) is 13.1 Å². The summed E-state index contributed by atoms with van der Waals surface area (Å²) in [6.45, 7) is 2.36. The molecule has 9 heteroatoms. The predicted octanol–water partition coefficient (Wildman–Crippen LogP) is 3.43. The molecule has 2 aromatic heterocycles. The Bertz CT molecular complexity index is 975. The molecule has 0 radical (unpaired) electrons. The molecule has 0 saturated carbocycles. The van der Waals surface area contributed by atoms with Crippen LogP contribution in [0.25, 0.3) is 5.82 Å². The number of aromatic nitrogens is 3. The van der Waals surface area contributed by atoms with Crippen molar-refractivity contribution in [1.29, 1.82) is 0 Å². The number of aryl methyl sites for hydroxylation is 1. The zero-order chi connectivity index (χ0) is 21.3. The molecule has 1 aromatic carbocycles. The third-order valence-corrected chi connectivity index (χ3v) is 4.19. The van der Waals surface area contributed by atoms with Crippen LogP contribution in [0, 0.1) is 6.92 Å². The second-order valence-electron chi connectivity index (χ2n) is 6.51. The molecule has 0 unspecified atom stereocenters. The van der Waals surface area contributed by atoms with Crippen molar-refractivity contribution in [3.8, 4) is 11.6 Å². The lowest BCUT2D eigenvalue weighted by atomic mass is 10.1. The Labute approximate surface area is 173 Å². The van der Waals surface area contributed by atoms with Gasteiger partial charge >= 0.3 is 6.61 Å². The zero-order valence-electron chi connectivity index (χ0n) is 16.8. The minimum Gasteiger partial charge on any atom is -0.434 e. The van der Waals surface area contributed by atoms with Crippen LogP contribution in [-0.4, -0.2) is 33.9 Å². The molecule has 0 bridgehead atoms. The Kier molecular flexibility index (Phi) is 7.31. The number of hydrogen-bond donors (Lipinski definition) is 2. The summed E-state index contributed by atoms with van der Waals surface area (Å²) in [5.41, 5.74) is 2.55. The van der Waals surface area contributed by atoms with Gasteiger partial charge in [0.1, 0.15) is 5.75 Å². The lowest BCUT2D eigenvalue weighted by Gasteiger charge is -2.15. The Hall–Kier alpha value is -3.49. The van der Waals surface area contributed by atoms with Crippen molar-refractivity contribution >= 4 is 5.96 Å². The summed E-state index contributed by atoms with van der Waals surface area (Å²) in [7, 11) is 0. The highest BCUT2D eigenvalue weighted by Crippen LogP contribution is 2.22. The third kappa shape index (κ3) is 6.00. The van der Waals surface area contributed by atoms with Crippen LogP contribution >= 0.6 is 0 Å². The Balaban J connectivity index is 1.70. The molecule has 3 aromatic rings. The molecule has 2 N–H and O–H groups in total. The van der Waals surface area contributed by atoms with Gasteiger partial charge in [0.05, 0.1) is 6.54 Å². The van der Waals surface area contributed by atoms with Gasteiger partial charge in [-0.2, -0.15) is 13.9 Å². The van der Waals surface area contributed by atoms with E-state index in [0.717, 1.165) is 11.1 Å². The number of aliphatic imine (C=N–C) groups is 1. The average molecular weight is 414 g/mol. The van der Waals surface area contributed by atoms with Crippen molar-refractivity contribution < 1.29 is 13.5 Å². The van der Waals surface area contributed by atoms with Crippen LogP contribution in [0.4, 0.5) is 8.78 Å². The standard InChI is InChI=1S/C21H24F2N6O/c1-3-24-21(27-14-17-11-15(2)5-6-18(17)30-20(22)23)26-13-16-7-9-25-19(12-16)29-10-4-8-28-29/h4-12,20H,3,13-14H2,1-2H3,(H2,24,26,27). The second kappa shape index (κ2) is 10.3. The maximum absolute atomic E-state index is 12.7. The van der Waals surface area contributed by atoms with Gasteiger partial charge in [-0.1, -0.05) is 17.7 Å². The van der Waals surface area contributed by atoms with Crippen LogP contribution in [0.5, 0.6) is 5.75 Å². The molecule has 158 valence electrons. The van der Waals surface area contributed by atoms with E-state index < -0.39 is 6.61 Å². The minimum absolute atomic E-state index is 0.150. The number of nitrogens with one attached hydrogen (secondary N) is 2. The third-order valence-electron chi connectivity index (χ3n) is 4.19. The van der Waals surface area contributed by atoms with Crippen molar-refractivity contribution in [3.63, 3.8) is 0 Å². The topological polar surface area (TPSA) is 76.4 Å². The largest absolute Gasteiger partial charge is 0.434 e. The molecule has 30 heavy (non-hydrogen) atoms. The number of alkyl halides is 2. The van der Waals surface area contributed by atoms with Crippen molar-refractivity contribution in [2.45, 2.75) is 33.5 Å². The van der Waals surface area contributed by atoms with Gasteiger partial charge in [-0.05, 0) is 43.7 Å². The molecule has 0 saturated heterocycles. The van der Waals surface area contributed by atoms with Crippen LogP contribution < -0.4 is 15.4 Å². The van der Waals surface area contributed by atoms with E-state index in [2.05, 4.69) is 30.4 Å². The van der Waals surface area contributed by atoms with Crippen molar-refractivity contribution in [2.24, 2.45) is 4.99 Å². The Morgan fingerprint density at radius 2 is 2.07 bits per heavy atom. The minimum atomic E-state index is -2.87. The fraction of sp³-hybridized carbons (Fsp3) is 0.286. The predicted molar refractivity (Wildman–Crippen MR) is 111 cm³/mol. The molecule has 2 heterocycles. The molecular weight excluding hydrogens is 390 g/mol. The van der Waals surface area contributed by atoms with Gasteiger partial charge in [0, 0.05) is 37.2 Å². The molecular formula is C21H24F2N6O. The van der Waals surface area contributed by atoms with E-state index in [0.29, 0.717) is 37.0 Å². The SMILES string of the molecule is CCNC(=NCc1ccnc(-n2cccn2)c1)NCc1cc(C)ccc1OC(F)F. The summed E-state index contributed by atoms with van der Waals surface area (Å²) >= 11 is 0. The first-order chi connectivity index (χ1) is 14.5. The first-order valence-electron chi connectivity index (χ1n) is 9.56. The second-order valence-corrected chi connectivity index (χ2v) is 6.51. The van der Waals surface area contributed by atoms with Gasteiger partial charge in [0.25, 0.3) is 0 Å². The van der Waals surface area contributed by atoms with Crippen LogP contribution in [0.3, 0.4) is 0 Å². The van der Waals surface area contributed by atoms with E-state index in [-0.39, 0.29) is 5.75 Å². The number of halogens is 2. The summed E-state index contributed by atoms with van der Waals surface area (Å²) in [4.78, 5) is 8.89. The van der Waals surface area contributed by atoms with Gasteiger partial charge in [-0.3, -0.25) is 0 Å². The quantitative estimate of drug-likeness (QED) is 0.436. The highest BCUT2D eigenvalue weighted by Gasteiger charge is 2.10. The summed E-state index contributed by atoms with van der Waals surface area (Å²) < 4.78 is 31.6. The molecule has 0 amide bonds. The van der Waals surface area contributed by atoms with Crippen LogP contribution in [0.15, 0.2) is 60.0 Å². The van der Waals surface area contributed by atoms with E-state index in [1.54, 1.807) is 29.2 Å². The normalized spacial score (nSPS) is 11.6. The molecule has 0 spiro atoms. The fourth-order valence-electron chi connectivity index (χ4n) is 2.84. The van der Waals surface area contributed by atoms with E-state index >= 15 is 0 Å². The Morgan fingerprint density at radius 1 is 1.20 bits per heavy atom. The molecule has 3 rings (SSSR count). The first-order valence-corrected chi connectivity index (χ1v) is 9.56. The zero-order valence-corrected chi connectivity index (χ0v) is 16.8.